The summed E-state index contributed by atoms with van der Waals surface area (Å²) in [5.41, 5.74) is 6.16. The van der Waals surface area contributed by atoms with Gasteiger partial charge in [0.1, 0.15) is 0 Å². The fraction of sp³-hybridized carbons (Fsp3) is 0.375. The summed E-state index contributed by atoms with van der Waals surface area (Å²) in [4.78, 5) is 11.7. The Morgan fingerprint density at radius 3 is 2.56 bits per heavy atom. The van der Waals surface area contributed by atoms with Gasteiger partial charge in [0.25, 0.3) is 5.91 Å². The van der Waals surface area contributed by atoms with Crippen LogP contribution in [0.15, 0.2) is 4.47 Å². The van der Waals surface area contributed by atoms with E-state index in [1.165, 1.54) is 0 Å². The predicted octanol–water partition coefficient (Wildman–Crippen LogP) is 0.230. The summed E-state index contributed by atoms with van der Waals surface area (Å²) in [6.07, 6.45) is 0. The molecule has 0 saturated carbocycles. The van der Waals surface area contributed by atoms with Crippen molar-refractivity contribution in [3.05, 3.63) is 15.9 Å². The molecule has 0 fully saturated rings. The van der Waals surface area contributed by atoms with Crippen molar-refractivity contribution in [2.75, 3.05) is 7.05 Å². The number of aromatic nitrogens is 2. The van der Waals surface area contributed by atoms with Crippen LogP contribution in [0.2, 0.25) is 0 Å². The second kappa shape index (κ2) is 5.26. The van der Waals surface area contributed by atoms with E-state index in [1.54, 1.807) is 18.8 Å². The Hall–Kier alpha value is -1.15. The molecule has 1 aromatic rings. The van der Waals surface area contributed by atoms with E-state index in [-0.39, 0.29) is 5.91 Å². The number of nitrogens with one attached hydrogen (secondary N) is 3. The average Bonchev–Trinajstić information content (AvgIpc) is 2.53. The van der Waals surface area contributed by atoms with Gasteiger partial charge in [0.05, 0.1) is 10.2 Å². The number of amides is 1. The highest BCUT2D eigenvalue weighted by Gasteiger charge is 2.17. The topological polar surface area (TPSA) is 71.0 Å². The van der Waals surface area contributed by atoms with Crippen LogP contribution in [0.3, 0.4) is 0 Å². The van der Waals surface area contributed by atoms with E-state index in [9.17, 15) is 4.79 Å². The predicted molar refractivity (Wildman–Crippen MR) is 67.9 cm³/mol. The number of nitrogens with zero attached hydrogens (tertiary/aromatic N) is 2. The van der Waals surface area contributed by atoms with Crippen molar-refractivity contribution < 1.29 is 4.79 Å². The number of rotatable bonds is 1. The summed E-state index contributed by atoms with van der Waals surface area (Å²) in [7, 11) is 3.42. The molecule has 0 unspecified atom stereocenters. The zero-order valence-corrected chi connectivity index (χ0v) is 11.5. The van der Waals surface area contributed by atoms with Crippen molar-refractivity contribution in [1.82, 2.24) is 25.9 Å². The molecule has 6 nitrogen and oxygen atoms in total. The van der Waals surface area contributed by atoms with Crippen molar-refractivity contribution in [3.63, 3.8) is 0 Å². The summed E-state index contributed by atoms with van der Waals surface area (Å²) in [6, 6.07) is 0. The normalized spacial score (nSPS) is 9.75. The number of halogens is 1. The molecule has 1 aromatic heterocycles. The number of aryl methyl sites for hydroxylation is 1. The molecule has 0 aliphatic rings. The molecule has 16 heavy (non-hydrogen) atoms. The summed E-state index contributed by atoms with van der Waals surface area (Å²) < 4.78 is 2.29. The lowest BCUT2D eigenvalue weighted by molar-refractivity contribution is 0.0937. The minimum atomic E-state index is -0.354. The number of hydrogen-bond donors (Lipinski definition) is 3. The van der Waals surface area contributed by atoms with E-state index < -0.39 is 0 Å². The Bertz CT molecular complexity index is 430. The summed E-state index contributed by atoms with van der Waals surface area (Å²) >= 11 is 8.12. The molecule has 88 valence electrons. The summed E-state index contributed by atoms with van der Waals surface area (Å²) in [5.74, 6) is -0.354. The summed E-state index contributed by atoms with van der Waals surface area (Å²) in [5, 5.41) is 7.07. The van der Waals surface area contributed by atoms with Crippen LogP contribution in [0.25, 0.3) is 0 Å². The molecule has 0 atom stereocenters. The highest BCUT2D eigenvalue weighted by molar-refractivity contribution is 9.10. The maximum Gasteiger partial charge on any atom is 0.291 e. The van der Waals surface area contributed by atoms with E-state index in [4.69, 9.17) is 12.2 Å². The average molecular weight is 306 g/mol. The Labute approximate surface area is 107 Å². The van der Waals surface area contributed by atoms with Crippen LogP contribution >= 0.6 is 28.1 Å². The quantitative estimate of drug-likeness (QED) is 0.512. The van der Waals surface area contributed by atoms with Gasteiger partial charge in [0.15, 0.2) is 10.8 Å². The van der Waals surface area contributed by atoms with E-state index in [1.807, 2.05) is 6.92 Å². The van der Waals surface area contributed by atoms with Crippen molar-refractivity contribution in [1.29, 1.82) is 0 Å². The molecule has 0 saturated heterocycles. The van der Waals surface area contributed by atoms with Crippen LogP contribution in [0.1, 0.15) is 16.2 Å². The number of carbonyl (C=O) groups excluding carboxylic acids is 1. The van der Waals surface area contributed by atoms with Crippen LogP contribution in [0.5, 0.6) is 0 Å². The van der Waals surface area contributed by atoms with Gasteiger partial charge in [0.2, 0.25) is 0 Å². The van der Waals surface area contributed by atoms with Gasteiger partial charge in [-0.05, 0) is 35.1 Å². The molecule has 1 heterocycles. The molecule has 3 N–H and O–H groups in total. The standard InChI is InChI=1S/C8H12BrN5OS/c1-4-5(9)6(13-14(4)3)7(15)11-12-8(16)10-2/h1-3H3,(H,11,15)(H2,10,12,16). The van der Waals surface area contributed by atoms with Crippen LogP contribution < -0.4 is 16.2 Å². The van der Waals surface area contributed by atoms with Crippen molar-refractivity contribution in [2.24, 2.45) is 7.05 Å². The monoisotopic (exact) mass is 305 g/mol. The molecule has 8 heteroatoms. The Balaban J connectivity index is 2.74. The lowest BCUT2D eigenvalue weighted by atomic mass is 10.3. The Morgan fingerprint density at radius 2 is 2.12 bits per heavy atom. The highest BCUT2D eigenvalue weighted by Crippen LogP contribution is 2.19. The SMILES string of the molecule is CNC(=S)NNC(=O)c1nn(C)c(C)c1Br. The first kappa shape index (κ1) is 12.9. The van der Waals surface area contributed by atoms with Gasteiger partial charge in [-0.25, -0.2) is 0 Å². The van der Waals surface area contributed by atoms with E-state index in [2.05, 4.69) is 37.2 Å². The molecule has 0 aliphatic carbocycles. The lowest BCUT2D eigenvalue weighted by Crippen LogP contribution is -2.45. The van der Waals surface area contributed by atoms with E-state index >= 15 is 0 Å². The lowest BCUT2D eigenvalue weighted by Gasteiger charge is -2.07. The molecule has 0 radical (unpaired) electrons. The van der Waals surface area contributed by atoms with Crippen LogP contribution in [-0.2, 0) is 7.05 Å². The molecule has 1 rings (SSSR count). The third-order valence-electron chi connectivity index (χ3n) is 1.99. The van der Waals surface area contributed by atoms with Crippen LogP contribution in [0.4, 0.5) is 0 Å². The molecule has 0 bridgehead atoms. The fourth-order valence-corrected chi connectivity index (χ4v) is 1.53. The molecule has 0 aromatic carbocycles. The smallest absolute Gasteiger partial charge is 0.291 e. The molecular formula is C8H12BrN5OS. The molecule has 0 aliphatic heterocycles. The van der Waals surface area contributed by atoms with E-state index in [0.29, 0.717) is 15.3 Å². The third-order valence-corrected chi connectivity index (χ3v) is 3.25. The number of carbonyl (C=O) groups is 1. The van der Waals surface area contributed by atoms with Gasteiger partial charge in [0, 0.05) is 14.1 Å². The molecule has 1 amide bonds. The van der Waals surface area contributed by atoms with Crippen molar-refractivity contribution in [3.8, 4) is 0 Å². The molecular weight excluding hydrogens is 294 g/mol. The van der Waals surface area contributed by atoms with Gasteiger partial charge in [-0.15, -0.1) is 0 Å². The number of hydrogen-bond acceptors (Lipinski definition) is 3. The fourth-order valence-electron chi connectivity index (χ4n) is 0.963. The van der Waals surface area contributed by atoms with E-state index in [0.717, 1.165) is 5.69 Å². The third kappa shape index (κ3) is 2.70. The Morgan fingerprint density at radius 1 is 1.50 bits per heavy atom. The second-order valence-corrected chi connectivity index (χ2v) is 4.23. The Kier molecular flexibility index (Phi) is 4.25. The largest absolute Gasteiger partial charge is 0.364 e. The van der Waals surface area contributed by atoms with Gasteiger partial charge in [-0.1, -0.05) is 0 Å². The number of hydrazine groups is 1. The van der Waals surface area contributed by atoms with Crippen molar-refractivity contribution in [2.45, 2.75) is 6.92 Å². The van der Waals surface area contributed by atoms with Crippen molar-refractivity contribution >= 4 is 39.2 Å². The van der Waals surface area contributed by atoms with Gasteiger partial charge >= 0.3 is 0 Å². The maximum absolute atomic E-state index is 11.7. The highest BCUT2D eigenvalue weighted by atomic mass is 79.9. The van der Waals surface area contributed by atoms with Gasteiger partial charge in [-0.2, -0.15) is 5.10 Å². The van der Waals surface area contributed by atoms with Crippen LogP contribution in [0, 0.1) is 6.92 Å². The van der Waals surface area contributed by atoms with Crippen LogP contribution in [-0.4, -0.2) is 27.8 Å². The first-order valence-corrected chi connectivity index (χ1v) is 5.64. The molecule has 0 spiro atoms. The minimum Gasteiger partial charge on any atom is -0.364 e. The minimum absolute atomic E-state index is 0.311. The zero-order chi connectivity index (χ0) is 12.3. The zero-order valence-electron chi connectivity index (χ0n) is 9.09. The number of thiocarbonyl (C=S) groups is 1. The maximum atomic E-state index is 11.7. The first-order chi connectivity index (χ1) is 7.47. The van der Waals surface area contributed by atoms with Gasteiger partial charge in [-0.3, -0.25) is 20.3 Å². The first-order valence-electron chi connectivity index (χ1n) is 4.44. The van der Waals surface area contributed by atoms with Gasteiger partial charge < -0.3 is 5.32 Å². The summed E-state index contributed by atoms with van der Waals surface area (Å²) in [6.45, 7) is 1.86. The second-order valence-electron chi connectivity index (χ2n) is 3.03.